The van der Waals surface area contributed by atoms with Crippen LogP contribution in [0.15, 0.2) is 0 Å². The van der Waals surface area contributed by atoms with Crippen molar-refractivity contribution in [2.45, 2.75) is 50.7 Å². The molecule has 3 unspecified atom stereocenters. The maximum atomic E-state index is 11.0. The van der Waals surface area contributed by atoms with Gasteiger partial charge in [-0.3, -0.25) is 4.79 Å². The number of carbonyl (C=O) groups excluding carboxylic acids is 1. The maximum Gasteiger partial charge on any atom is 0.305 e. The van der Waals surface area contributed by atoms with Crippen LogP contribution in [0.2, 0.25) is 0 Å². The number of hydrogen-bond acceptors (Lipinski definition) is 3. The van der Waals surface area contributed by atoms with E-state index in [0.29, 0.717) is 18.4 Å². The molecule has 0 N–H and O–H groups in total. The third-order valence-corrected chi connectivity index (χ3v) is 3.62. The van der Waals surface area contributed by atoms with Crippen LogP contribution in [0.5, 0.6) is 0 Å². The first kappa shape index (κ1) is 9.97. The molecule has 1 heterocycles. The van der Waals surface area contributed by atoms with Crippen molar-refractivity contribution in [1.82, 2.24) is 0 Å². The molecule has 1 aliphatic heterocycles. The van der Waals surface area contributed by atoms with Crippen LogP contribution in [0.25, 0.3) is 0 Å². The summed E-state index contributed by atoms with van der Waals surface area (Å²) in [5, 5.41) is 0. The summed E-state index contributed by atoms with van der Waals surface area (Å²) in [4.78, 5) is 11.0. The number of fused-ring (bicyclic) bond motifs is 1. The second-order valence-electron chi connectivity index (χ2n) is 4.67. The lowest BCUT2D eigenvalue weighted by Gasteiger charge is -2.21. The Bertz CT molecular complexity index is 239. The summed E-state index contributed by atoms with van der Waals surface area (Å²) in [6, 6.07) is 0. The Morgan fingerprint density at radius 3 is 3.07 bits per heavy atom. The van der Waals surface area contributed by atoms with Crippen molar-refractivity contribution in [3.8, 4) is 0 Å². The highest BCUT2D eigenvalue weighted by molar-refractivity contribution is 5.69. The summed E-state index contributed by atoms with van der Waals surface area (Å²) in [6.45, 7) is 2.19. The molecule has 3 heteroatoms. The van der Waals surface area contributed by atoms with E-state index in [-0.39, 0.29) is 11.6 Å². The van der Waals surface area contributed by atoms with E-state index < -0.39 is 0 Å². The Morgan fingerprint density at radius 2 is 2.43 bits per heavy atom. The highest BCUT2D eigenvalue weighted by atomic mass is 16.6. The van der Waals surface area contributed by atoms with E-state index in [1.54, 1.807) is 0 Å². The van der Waals surface area contributed by atoms with Gasteiger partial charge in [-0.05, 0) is 38.5 Å². The molecular formula is C11H18O3. The number of carbonyl (C=O) groups is 1. The molecule has 0 aromatic heterocycles. The van der Waals surface area contributed by atoms with Crippen molar-refractivity contribution in [3.05, 3.63) is 0 Å². The zero-order valence-electron chi connectivity index (χ0n) is 8.91. The fraction of sp³-hybridized carbons (Fsp3) is 0.909. The Kier molecular flexibility index (Phi) is 2.52. The molecule has 2 aliphatic rings. The zero-order chi connectivity index (χ0) is 10.2. The smallest absolute Gasteiger partial charge is 0.305 e. The van der Waals surface area contributed by atoms with Gasteiger partial charge in [-0.1, -0.05) is 0 Å². The van der Waals surface area contributed by atoms with Crippen LogP contribution >= 0.6 is 0 Å². The highest BCUT2D eigenvalue weighted by Gasteiger charge is 2.54. The Morgan fingerprint density at radius 1 is 1.64 bits per heavy atom. The minimum Gasteiger partial charge on any atom is -0.469 e. The van der Waals surface area contributed by atoms with Gasteiger partial charge < -0.3 is 9.47 Å². The van der Waals surface area contributed by atoms with E-state index in [0.717, 1.165) is 19.3 Å². The standard InChI is InChI=1S/C11H18O3/c1-11-6-5-8(7-9(11)14-11)3-4-10(12)13-2/h8-9H,3-7H2,1-2H3. The number of ether oxygens (including phenoxy) is 2. The van der Waals surface area contributed by atoms with E-state index >= 15 is 0 Å². The highest BCUT2D eigenvalue weighted by Crippen LogP contribution is 2.49. The van der Waals surface area contributed by atoms with Crippen molar-refractivity contribution < 1.29 is 14.3 Å². The average molecular weight is 198 g/mol. The third kappa shape index (κ3) is 1.92. The minimum absolute atomic E-state index is 0.0879. The van der Waals surface area contributed by atoms with Gasteiger partial charge in [0.05, 0.1) is 18.8 Å². The van der Waals surface area contributed by atoms with Crippen LogP contribution in [0.3, 0.4) is 0 Å². The molecule has 14 heavy (non-hydrogen) atoms. The normalized spacial score (nSPS) is 40.1. The largest absolute Gasteiger partial charge is 0.469 e. The predicted octanol–water partition coefficient (Wildman–Crippen LogP) is 1.90. The molecule has 0 spiro atoms. The molecule has 3 nitrogen and oxygen atoms in total. The van der Waals surface area contributed by atoms with E-state index in [4.69, 9.17) is 4.74 Å². The van der Waals surface area contributed by atoms with Crippen LogP contribution in [-0.2, 0) is 14.3 Å². The molecular weight excluding hydrogens is 180 g/mol. The molecule has 1 saturated heterocycles. The molecule has 0 aromatic rings. The van der Waals surface area contributed by atoms with Gasteiger partial charge in [0.1, 0.15) is 0 Å². The second-order valence-corrected chi connectivity index (χ2v) is 4.67. The fourth-order valence-corrected chi connectivity index (χ4v) is 2.41. The lowest BCUT2D eigenvalue weighted by Crippen LogP contribution is -2.21. The van der Waals surface area contributed by atoms with Gasteiger partial charge in [0, 0.05) is 6.42 Å². The Balaban J connectivity index is 1.71. The second kappa shape index (κ2) is 3.54. The SMILES string of the molecule is COC(=O)CCC1CCC2(C)OC2C1. The molecule has 1 saturated carbocycles. The average Bonchev–Trinajstić information content (AvgIpc) is 2.85. The number of rotatable bonds is 3. The monoisotopic (exact) mass is 198 g/mol. The van der Waals surface area contributed by atoms with Crippen molar-refractivity contribution in [3.63, 3.8) is 0 Å². The van der Waals surface area contributed by atoms with E-state index in [2.05, 4.69) is 11.7 Å². The van der Waals surface area contributed by atoms with Gasteiger partial charge in [-0.2, -0.15) is 0 Å². The quantitative estimate of drug-likeness (QED) is 0.513. The first-order valence-electron chi connectivity index (χ1n) is 5.39. The molecule has 1 aliphatic carbocycles. The van der Waals surface area contributed by atoms with Gasteiger partial charge in [0.15, 0.2) is 0 Å². The zero-order valence-corrected chi connectivity index (χ0v) is 8.91. The van der Waals surface area contributed by atoms with Gasteiger partial charge in [0.25, 0.3) is 0 Å². The summed E-state index contributed by atoms with van der Waals surface area (Å²) in [5.74, 6) is 0.574. The van der Waals surface area contributed by atoms with Crippen LogP contribution in [0.1, 0.15) is 39.0 Å². The Hall–Kier alpha value is -0.570. The summed E-state index contributed by atoms with van der Waals surface area (Å²) >= 11 is 0. The molecule has 2 rings (SSSR count). The molecule has 80 valence electrons. The molecule has 0 bridgehead atoms. The first-order valence-corrected chi connectivity index (χ1v) is 5.39. The summed E-state index contributed by atoms with van der Waals surface area (Å²) in [6.07, 6.45) is 5.48. The van der Waals surface area contributed by atoms with Crippen LogP contribution < -0.4 is 0 Å². The van der Waals surface area contributed by atoms with E-state index in [1.807, 2.05) is 0 Å². The molecule has 0 radical (unpaired) electrons. The van der Waals surface area contributed by atoms with E-state index in [9.17, 15) is 4.79 Å². The van der Waals surface area contributed by atoms with Crippen molar-refractivity contribution in [1.29, 1.82) is 0 Å². The number of hydrogen-bond donors (Lipinski definition) is 0. The van der Waals surface area contributed by atoms with Gasteiger partial charge in [-0.25, -0.2) is 0 Å². The number of methoxy groups -OCH3 is 1. The number of epoxide rings is 1. The van der Waals surface area contributed by atoms with Gasteiger partial charge in [0.2, 0.25) is 0 Å². The summed E-state index contributed by atoms with van der Waals surface area (Å²) in [5.41, 5.74) is 0.196. The third-order valence-electron chi connectivity index (χ3n) is 3.62. The van der Waals surface area contributed by atoms with Crippen molar-refractivity contribution >= 4 is 5.97 Å². The first-order chi connectivity index (χ1) is 6.64. The molecule has 3 atom stereocenters. The predicted molar refractivity (Wildman–Crippen MR) is 51.9 cm³/mol. The molecule has 0 aromatic carbocycles. The molecule has 2 fully saturated rings. The van der Waals surface area contributed by atoms with Crippen molar-refractivity contribution in [2.75, 3.05) is 7.11 Å². The summed E-state index contributed by atoms with van der Waals surface area (Å²) < 4.78 is 10.2. The lowest BCUT2D eigenvalue weighted by atomic mass is 9.81. The van der Waals surface area contributed by atoms with E-state index in [1.165, 1.54) is 13.5 Å². The van der Waals surface area contributed by atoms with Gasteiger partial charge >= 0.3 is 5.97 Å². The lowest BCUT2D eigenvalue weighted by molar-refractivity contribution is -0.141. The van der Waals surface area contributed by atoms with Crippen molar-refractivity contribution in [2.24, 2.45) is 5.92 Å². The number of esters is 1. The Labute approximate surface area is 84.8 Å². The van der Waals surface area contributed by atoms with Crippen LogP contribution in [0.4, 0.5) is 0 Å². The van der Waals surface area contributed by atoms with Crippen LogP contribution in [-0.4, -0.2) is 24.8 Å². The molecule has 0 amide bonds. The fourth-order valence-electron chi connectivity index (χ4n) is 2.41. The topological polar surface area (TPSA) is 38.8 Å². The van der Waals surface area contributed by atoms with Gasteiger partial charge in [-0.15, -0.1) is 0 Å². The minimum atomic E-state index is -0.0879. The van der Waals surface area contributed by atoms with Crippen LogP contribution in [0, 0.1) is 5.92 Å². The maximum absolute atomic E-state index is 11.0. The summed E-state index contributed by atoms with van der Waals surface area (Å²) in [7, 11) is 1.45.